The van der Waals surface area contributed by atoms with E-state index in [9.17, 15) is 0 Å². The maximum absolute atomic E-state index is 2.43. The summed E-state index contributed by atoms with van der Waals surface area (Å²) in [5.41, 5.74) is 5.28. The van der Waals surface area contributed by atoms with Crippen LogP contribution in [0.4, 0.5) is 0 Å². The first-order chi connectivity index (χ1) is 7.67. The van der Waals surface area contributed by atoms with Gasteiger partial charge in [0, 0.05) is 0 Å². The fourth-order valence-electron chi connectivity index (χ4n) is 3.57. The Bertz CT molecular complexity index is 418. The maximum Gasteiger partial charge on any atom is -0.00967 e. The molecule has 3 unspecified atom stereocenters. The number of aryl methyl sites for hydroxylation is 2. The molecule has 0 amide bonds. The van der Waals surface area contributed by atoms with Gasteiger partial charge in [-0.05, 0) is 60.6 Å². The zero-order valence-corrected chi connectivity index (χ0v) is 10.7. The molecule has 3 rings (SSSR count). The Morgan fingerprint density at radius 1 is 1.19 bits per heavy atom. The summed E-state index contributed by atoms with van der Waals surface area (Å²) >= 11 is 0. The minimum atomic E-state index is 0.776. The first-order valence-corrected chi connectivity index (χ1v) is 6.74. The highest BCUT2D eigenvalue weighted by Gasteiger charge is 2.69. The first-order valence-electron chi connectivity index (χ1n) is 6.74. The SMILES string of the molecule is CCCC1CC12CC2c1ccc(C)c(C)c1. The van der Waals surface area contributed by atoms with Crippen molar-refractivity contribution in [2.75, 3.05) is 0 Å². The molecule has 0 aliphatic heterocycles. The molecule has 0 heteroatoms. The van der Waals surface area contributed by atoms with Crippen molar-refractivity contribution in [3.63, 3.8) is 0 Å². The number of benzene rings is 1. The lowest BCUT2D eigenvalue weighted by Gasteiger charge is -2.04. The van der Waals surface area contributed by atoms with E-state index < -0.39 is 0 Å². The van der Waals surface area contributed by atoms with Crippen LogP contribution in [0.15, 0.2) is 18.2 Å². The van der Waals surface area contributed by atoms with E-state index in [2.05, 4.69) is 39.0 Å². The minimum absolute atomic E-state index is 0.776. The Morgan fingerprint density at radius 2 is 2.00 bits per heavy atom. The van der Waals surface area contributed by atoms with Crippen molar-refractivity contribution in [2.45, 2.75) is 52.4 Å². The molecule has 0 aromatic heterocycles. The Labute approximate surface area is 99.1 Å². The summed E-state index contributed by atoms with van der Waals surface area (Å²) in [6.45, 7) is 6.77. The van der Waals surface area contributed by atoms with Crippen LogP contribution < -0.4 is 0 Å². The Morgan fingerprint density at radius 3 is 2.69 bits per heavy atom. The quantitative estimate of drug-likeness (QED) is 0.690. The van der Waals surface area contributed by atoms with Gasteiger partial charge < -0.3 is 0 Å². The molecule has 0 saturated heterocycles. The Hall–Kier alpha value is -0.780. The van der Waals surface area contributed by atoms with Crippen LogP contribution in [0.2, 0.25) is 0 Å². The number of hydrogen-bond acceptors (Lipinski definition) is 0. The molecule has 86 valence electrons. The van der Waals surface area contributed by atoms with Crippen molar-refractivity contribution < 1.29 is 0 Å². The van der Waals surface area contributed by atoms with Crippen LogP contribution in [0.5, 0.6) is 0 Å². The molecule has 1 spiro atoms. The lowest BCUT2D eigenvalue weighted by Crippen LogP contribution is -1.89. The third-order valence-electron chi connectivity index (χ3n) is 4.97. The molecule has 2 fully saturated rings. The van der Waals surface area contributed by atoms with E-state index in [1.165, 1.54) is 36.8 Å². The van der Waals surface area contributed by atoms with E-state index >= 15 is 0 Å². The summed E-state index contributed by atoms with van der Waals surface area (Å²) < 4.78 is 0. The summed E-state index contributed by atoms with van der Waals surface area (Å²) in [4.78, 5) is 0. The van der Waals surface area contributed by atoms with Crippen LogP contribution in [0.3, 0.4) is 0 Å². The molecule has 0 heterocycles. The standard InChI is InChI=1S/C16H22/c1-4-5-14-9-16(14)10-15(16)13-7-6-11(2)12(3)8-13/h6-8,14-15H,4-5,9-10H2,1-3H3. The third-order valence-corrected chi connectivity index (χ3v) is 4.97. The molecule has 1 aromatic rings. The summed E-state index contributed by atoms with van der Waals surface area (Å²) in [5.74, 6) is 1.97. The molecule has 2 saturated carbocycles. The van der Waals surface area contributed by atoms with E-state index in [4.69, 9.17) is 0 Å². The van der Waals surface area contributed by atoms with Crippen LogP contribution >= 0.6 is 0 Å². The average molecular weight is 214 g/mol. The molecule has 2 aliphatic carbocycles. The van der Waals surface area contributed by atoms with Crippen LogP contribution in [0.25, 0.3) is 0 Å². The van der Waals surface area contributed by atoms with E-state index in [0.717, 1.165) is 17.3 Å². The second-order valence-electron chi connectivity index (χ2n) is 6.02. The molecule has 0 N–H and O–H groups in total. The van der Waals surface area contributed by atoms with Crippen LogP contribution in [0, 0.1) is 25.2 Å². The van der Waals surface area contributed by atoms with Crippen molar-refractivity contribution >= 4 is 0 Å². The number of rotatable bonds is 3. The summed E-state index contributed by atoms with van der Waals surface area (Å²) in [5, 5.41) is 0. The van der Waals surface area contributed by atoms with Crippen LogP contribution in [0.1, 0.15) is 55.2 Å². The Balaban J connectivity index is 1.75. The molecule has 2 aliphatic rings. The number of hydrogen-bond donors (Lipinski definition) is 0. The zero-order valence-electron chi connectivity index (χ0n) is 10.7. The van der Waals surface area contributed by atoms with Gasteiger partial charge in [0.2, 0.25) is 0 Å². The minimum Gasteiger partial charge on any atom is -0.0654 e. The van der Waals surface area contributed by atoms with Crippen LogP contribution in [-0.4, -0.2) is 0 Å². The van der Waals surface area contributed by atoms with Gasteiger partial charge in [0.1, 0.15) is 0 Å². The summed E-state index contributed by atoms with van der Waals surface area (Å²) in [6, 6.07) is 7.09. The van der Waals surface area contributed by atoms with Gasteiger partial charge in [-0.1, -0.05) is 38.0 Å². The Kier molecular flexibility index (Phi) is 2.18. The zero-order chi connectivity index (χ0) is 11.3. The monoisotopic (exact) mass is 214 g/mol. The van der Waals surface area contributed by atoms with Crippen molar-refractivity contribution in [3.05, 3.63) is 34.9 Å². The molecular formula is C16H22. The predicted octanol–water partition coefficient (Wildman–Crippen LogP) is 4.60. The smallest absolute Gasteiger partial charge is 0.00967 e. The van der Waals surface area contributed by atoms with E-state index in [0.29, 0.717) is 0 Å². The second-order valence-corrected chi connectivity index (χ2v) is 6.02. The highest BCUT2D eigenvalue weighted by molar-refractivity contribution is 5.40. The topological polar surface area (TPSA) is 0 Å². The maximum atomic E-state index is 2.43. The van der Waals surface area contributed by atoms with Crippen molar-refractivity contribution in [1.82, 2.24) is 0 Å². The first kappa shape index (κ1) is 10.4. The highest BCUT2D eigenvalue weighted by atomic mass is 14.7. The van der Waals surface area contributed by atoms with Gasteiger partial charge in [0.25, 0.3) is 0 Å². The largest absolute Gasteiger partial charge is 0.0654 e. The molecule has 3 atom stereocenters. The van der Waals surface area contributed by atoms with Crippen molar-refractivity contribution in [3.8, 4) is 0 Å². The van der Waals surface area contributed by atoms with Gasteiger partial charge in [-0.15, -0.1) is 0 Å². The van der Waals surface area contributed by atoms with Gasteiger partial charge in [-0.2, -0.15) is 0 Å². The van der Waals surface area contributed by atoms with Gasteiger partial charge in [0.15, 0.2) is 0 Å². The van der Waals surface area contributed by atoms with Gasteiger partial charge in [-0.3, -0.25) is 0 Å². The summed E-state index contributed by atoms with van der Waals surface area (Å²) in [6.07, 6.45) is 5.81. The fourth-order valence-corrected chi connectivity index (χ4v) is 3.57. The predicted molar refractivity (Wildman–Crippen MR) is 68.7 cm³/mol. The molecular weight excluding hydrogens is 192 g/mol. The molecule has 1 aromatic carbocycles. The van der Waals surface area contributed by atoms with Crippen LogP contribution in [-0.2, 0) is 0 Å². The fraction of sp³-hybridized carbons (Fsp3) is 0.625. The summed E-state index contributed by atoms with van der Waals surface area (Å²) in [7, 11) is 0. The van der Waals surface area contributed by atoms with Crippen molar-refractivity contribution in [1.29, 1.82) is 0 Å². The lowest BCUT2D eigenvalue weighted by molar-refractivity contribution is 0.619. The van der Waals surface area contributed by atoms with E-state index in [-0.39, 0.29) is 0 Å². The van der Waals surface area contributed by atoms with Gasteiger partial charge >= 0.3 is 0 Å². The lowest BCUT2D eigenvalue weighted by atomic mass is 10.0. The highest BCUT2D eigenvalue weighted by Crippen LogP contribution is 2.79. The molecule has 0 radical (unpaired) electrons. The normalized spacial score (nSPS) is 35.4. The van der Waals surface area contributed by atoms with Gasteiger partial charge in [-0.25, -0.2) is 0 Å². The average Bonchev–Trinajstić information content (AvgIpc) is 3.13. The third kappa shape index (κ3) is 1.43. The van der Waals surface area contributed by atoms with E-state index in [1.807, 2.05) is 0 Å². The van der Waals surface area contributed by atoms with Gasteiger partial charge in [0.05, 0.1) is 0 Å². The second kappa shape index (κ2) is 3.35. The van der Waals surface area contributed by atoms with E-state index in [1.54, 1.807) is 5.56 Å². The molecule has 0 nitrogen and oxygen atoms in total. The van der Waals surface area contributed by atoms with Crippen molar-refractivity contribution in [2.24, 2.45) is 11.3 Å². The molecule has 16 heavy (non-hydrogen) atoms. The molecule has 0 bridgehead atoms.